The molecule has 0 aliphatic carbocycles. The molecular formula is C29H23Br2Cl2N3O7. The lowest BCUT2D eigenvalue weighted by Gasteiger charge is -2.27. The standard InChI is InChI=1S/C29H23Br2Cl2N3O7/c1-3-8-42-23-7-5-17(13-24(23)41-2)36-28(39)18(27(38)35-29(36)40)9-15-10-19(30)26(20(31)11-15)43-14-25(37)34-16-4-6-21(32)22(33)12-16/h4-7,9-13H,3,8,14H2,1-2H3,(H,34,37)(H,35,38,40)/b18-9-. The van der Waals surface area contributed by atoms with Crippen LogP contribution in [0, 0.1) is 0 Å². The number of ether oxygens (including phenoxy) is 3. The Kier molecular flexibility index (Phi) is 10.7. The van der Waals surface area contributed by atoms with Crippen molar-refractivity contribution in [2.24, 2.45) is 0 Å². The molecule has 1 fully saturated rings. The molecule has 1 aliphatic heterocycles. The fourth-order valence-corrected chi connectivity index (χ4v) is 5.64. The monoisotopic (exact) mass is 753 g/mol. The van der Waals surface area contributed by atoms with Crippen molar-refractivity contribution < 1.29 is 33.4 Å². The van der Waals surface area contributed by atoms with E-state index in [2.05, 4.69) is 42.5 Å². The summed E-state index contributed by atoms with van der Waals surface area (Å²) in [6.07, 6.45) is 2.12. The third kappa shape index (κ3) is 7.69. The van der Waals surface area contributed by atoms with Gasteiger partial charge in [0.1, 0.15) is 11.3 Å². The molecule has 0 unspecified atom stereocenters. The number of benzene rings is 3. The minimum absolute atomic E-state index is 0.187. The SMILES string of the molecule is CCCOc1ccc(N2C(=O)NC(=O)/C(=C/c3cc(Br)c(OCC(=O)Nc4ccc(Cl)c(Cl)c4)c(Br)c3)C2=O)cc1OC. The Morgan fingerprint density at radius 1 is 0.977 bits per heavy atom. The van der Waals surface area contributed by atoms with Crippen molar-refractivity contribution in [1.82, 2.24) is 5.32 Å². The number of methoxy groups -OCH3 is 1. The molecule has 43 heavy (non-hydrogen) atoms. The highest BCUT2D eigenvalue weighted by Gasteiger charge is 2.37. The number of imide groups is 2. The number of hydrogen-bond acceptors (Lipinski definition) is 7. The molecule has 0 atom stereocenters. The highest BCUT2D eigenvalue weighted by molar-refractivity contribution is 9.11. The van der Waals surface area contributed by atoms with E-state index in [-0.39, 0.29) is 17.9 Å². The third-order valence-electron chi connectivity index (χ3n) is 5.85. The lowest BCUT2D eigenvalue weighted by atomic mass is 10.1. The number of halogens is 4. The van der Waals surface area contributed by atoms with Gasteiger partial charge in [0.2, 0.25) is 0 Å². The van der Waals surface area contributed by atoms with Crippen molar-refractivity contribution in [2.75, 3.05) is 30.5 Å². The molecule has 14 heteroatoms. The molecule has 3 aromatic carbocycles. The zero-order chi connectivity index (χ0) is 31.3. The Hall–Kier alpha value is -3.58. The highest BCUT2D eigenvalue weighted by Crippen LogP contribution is 2.37. The van der Waals surface area contributed by atoms with Crippen LogP contribution in [0.25, 0.3) is 6.08 Å². The van der Waals surface area contributed by atoms with Gasteiger partial charge in [0, 0.05) is 11.8 Å². The maximum absolute atomic E-state index is 13.4. The first-order valence-corrected chi connectivity index (χ1v) is 15.0. The zero-order valence-electron chi connectivity index (χ0n) is 22.6. The number of nitrogens with zero attached hydrogens (tertiary/aromatic N) is 1. The summed E-state index contributed by atoms with van der Waals surface area (Å²) < 4.78 is 17.5. The Bertz CT molecular complexity index is 1630. The summed E-state index contributed by atoms with van der Waals surface area (Å²) in [6, 6.07) is 11.5. The van der Waals surface area contributed by atoms with Crippen molar-refractivity contribution in [2.45, 2.75) is 13.3 Å². The van der Waals surface area contributed by atoms with Gasteiger partial charge in [-0.2, -0.15) is 0 Å². The van der Waals surface area contributed by atoms with Crippen LogP contribution in [-0.4, -0.2) is 44.1 Å². The van der Waals surface area contributed by atoms with Gasteiger partial charge in [-0.1, -0.05) is 30.1 Å². The van der Waals surface area contributed by atoms with Crippen molar-refractivity contribution >= 4 is 96.3 Å². The maximum atomic E-state index is 13.4. The van der Waals surface area contributed by atoms with E-state index < -0.39 is 23.8 Å². The Labute approximate surface area is 273 Å². The van der Waals surface area contributed by atoms with Crippen LogP contribution in [0.15, 0.2) is 63.0 Å². The van der Waals surface area contributed by atoms with Crippen LogP contribution in [0.2, 0.25) is 10.0 Å². The Morgan fingerprint density at radius 2 is 1.70 bits per heavy atom. The molecule has 0 aromatic heterocycles. The summed E-state index contributed by atoms with van der Waals surface area (Å²) in [4.78, 5) is 52.0. The molecule has 1 saturated heterocycles. The molecular weight excluding hydrogens is 733 g/mol. The van der Waals surface area contributed by atoms with E-state index in [0.717, 1.165) is 11.3 Å². The highest BCUT2D eigenvalue weighted by atomic mass is 79.9. The molecule has 3 aromatic rings. The quantitative estimate of drug-likeness (QED) is 0.169. The number of carbonyl (C=O) groups excluding carboxylic acids is 4. The molecule has 0 saturated carbocycles. The van der Waals surface area contributed by atoms with Gasteiger partial charge in [-0.3, -0.25) is 19.7 Å². The molecule has 2 N–H and O–H groups in total. The molecule has 0 radical (unpaired) electrons. The predicted octanol–water partition coefficient (Wildman–Crippen LogP) is 7.00. The summed E-state index contributed by atoms with van der Waals surface area (Å²) in [7, 11) is 1.44. The van der Waals surface area contributed by atoms with Gasteiger partial charge in [-0.05, 0) is 92.4 Å². The minimum Gasteiger partial charge on any atom is -0.493 e. The van der Waals surface area contributed by atoms with Crippen LogP contribution < -0.4 is 29.7 Å². The summed E-state index contributed by atoms with van der Waals surface area (Å²) in [5.41, 5.74) is 0.788. The minimum atomic E-state index is -0.901. The molecule has 1 aliphatic rings. The van der Waals surface area contributed by atoms with Gasteiger partial charge in [-0.25, -0.2) is 9.69 Å². The molecule has 10 nitrogen and oxygen atoms in total. The average Bonchev–Trinajstić information content (AvgIpc) is 2.95. The number of urea groups is 1. The number of hydrogen-bond donors (Lipinski definition) is 2. The summed E-state index contributed by atoms with van der Waals surface area (Å²) in [6.45, 7) is 2.09. The number of amides is 5. The number of nitrogens with one attached hydrogen (secondary N) is 2. The van der Waals surface area contributed by atoms with Gasteiger partial charge in [0.25, 0.3) is 17.7 Å². The number of barbiturate groups is 1. The average molecular weight is 756 g/mol. The van der Waals surface area contributed by atoms with Gasteiger partial charge in [0.05, 0.1) is 38.4 Å². The van der Waals surface area contributed by atoms with E-state index in [9.17, 15) is 19.2 Å². The van der Waals surface area contributed by atoms with Crippen LogP contribution in [0.5, 0.6) is 17.2 Å². The molecule has 1 heterocycles. The topological polar surface area (TPSA) is 123 Å². The first-order chi connectivity index (χ1) is 20.5. The van der Waals surface area contributed by atoms with Crippen LogP contribution in [0.1, 0.15) is 18.9 Å². The van der Waals surface area contributed by atoms with Gasteiger partial charge >= 0.3 is 6.03 Å². The second kappa shape index (κ2) is 14.3. The van der Waals surface area contributed by atoms with E-state index in [1.807, 2.05) is 6.92 Å². The first-order valence-electron chi connectivity index (χ1n) is 12.6. The molecule has 0 bridgehead atoms. The van der Waals surface area contributed by atoms with E-state index >= 15 is 0 Å². The van der Waals surface area contributed by atoms with Crippen LogP contribution in [0.4, 0.5) is 16.2 Å². The molecule has 224 valence electrons. The van der Waals surface area contributed by atoms with Gasteiger partial charge < -0.3 is 19.5 Å². The number of carbonyl (C=O) groups is 4. The molecule has 5 amide bonds. The Balaban J connectivity index is 1.52. The lowest BCUT2D eigenvalue weighted by Crippen LogP contribution is -2.54. The molecule has 0 spiro atoms. The van der Waals surface area contributed by atoms with E-state index in [4.69, 9.17) is 37.4 Å². The first kappa shape index (κ1) is 32.3. The van der Waals surface area contributed by atoms with Crippen LogP contribution in [-0.2, 0) is 14.4 Å². The lowest BCUT2D eigenvalue weighted by molar-refractivity contribution is -0.122. The normalized spacial score (nSPS) is 14.0. The van der Waals surface area contributed by atoms with E-state index in [1.165, 1.54) is 31.4 Å². The summed E-state index contributed by atoms with van der Waals surface area (Å²) >= 11 is 18.7. The summed E-state index contributed by atoms with van der Waals surface area (Å²) in [5, 5.41) is 5.51. The molecule has 4 rings (SSSR count). The second-order valence-corrected chi connectivity index (χ2v) is 11.4. The predicted molar refractivity (Wildman–Crippen MR) is 170 cm³/mol. The number of rotatable bonds is 10. The van der Waals surface area contributed by atoms with Gasteiger partial charge in [-0.15, -0.1) is 0 Å². The fourth-order valence-electron chi connectivity index (χ4n) is 3.89. The largest absolute Gasteiger partial charge is 0.493 e. The van der Waals surface area contributed by atoms with Gasteiger partial charge in [0.15, 0.2) is 18.1 Å². The zero-order valence-corrected chi connectivity index (χ0v) is 27.3. The van der Waals surface area contributed by atoms with E-state index in [1.54, 1.807) is 30.3 Å². The van der Waals surface area contributed by atoms with E-state index in [0.29, 0.717) is 54.1 Å². The van der Waals surface area contributed by atoms with Crippen molar-refractivity contribution in [3.63, 3.8) is 0 Å². The third-order valence-corrected chi connectivity index (χ3v) is 7.77. The summed E-state index contributed by atoms with van der Waals surface area (Å²) in [5.74, 6) is -1.05. The van der Waals surface area contributed by atoms with Crippen molar-refractivity contribution in [3.8, 4) is 17.2 Å². The smallest absolute Gasteiger partial charge is 0.335 e. The van der Waals surface area contributed by atoms with Crippen molar-refractivity contribution in [1.29, 1.82) is 0 Å². The second-order valence-electron chi connectivity index (χ2n) is 8.92. The van der Waals surface area contributed by atoms with Crippen molar-refractivity contribution in [3.05, 3.63) is 78.7 Å². The number of anilines is 2. The van der Waals surface area contributed by atoms with Crippen LogP contribution in [0.3, 0.4) is 0 Å². The van der Waals surface area contributed by atoms with Crippen LogP contribution >= 0.6 is 55.1 Å². The maximum Gasteiger partial charge on any atom is 0.335 e. The fraction of sp³-hybridized carbons (Fsp3) is 0.172. The Morgan fingerprint density at radius 3 is 2.35 bits per heavy atom.